The van der Waals surface area contributed by atoms with Crippen molar-refractivity contribution < 1.29 is 30.0 Å². The molecule has 0 saturated heterocycles. The molecule has 0 aliphatic carbocycles. The molecule has 0 spiro atoms. The number of phenolic OH excluding ortho intramolecular Hbond substituents is 4. The molecule has 2 aromatic carbocycles. The lowest BCUT2D eigenvalue weighted by molar-refractivity contribution is -0.122. The SMILES string of the molecule is NCC(=O)N/C(=C\c1ccc(O)c(O)c1)C(=O)N/C=C/c1ccc(O)c(O)c1. The van der Waals surface area contributed by atoms with E-state index in [4.69, 9.17) is 5.73 Å². The second-order valence-corrected chi connectivity index (χ2v) is 5.61. The fourth-order valence-corrected chi connectivity index (χ4v) is 2.09. The number of benzene rings is 2. The van der Waals surface area contributed by atoms with Crippen LogP contribution in [0.15, 0.2) is 48.3 Å². The third-order valence-corrected chi connectivity index (χ3v) is 3.50. The van der Waals surface area contributed by atoms with Crippen molar-refractivity contribution in [3.8, 4) is 23.0 Å². The van der Waals surface area contributed by atoms with Gasteiger partial charge in [-0.2, -0.15) is 0 Å². The topological polar surface area (TPSA) is 165 Å². The zero-order valence-electron chi connectivity index (χ0n) is 14.6. The minimum atomic E-state index is -0.673. The van der Waals surface area contributed by atoms with E-state index in [1.807, 2.05) is 0 Å². The number of carbonyl (C=O) groups excluding carboxylic acids is 2. The number of rotatable bonds is 6. The van der Waals surface area contributed by atoms with Crippen LogP contribution in [0.2, 0.25) is 0 Å². The van der Waals surface area contributed by atoms with Crippen molar-refractivity contribution >= 4 is 24.0 Å². The Morgan fingerprint density at radius 1 is 0.893 bits per heavy atom. The van der Waals surface area contributed by atoms with E-state index < -0.39 is 11.8 Å². The van der Waals surface area contributed by atoms with Gasteiger partial charge in [-0.15, -0.1) is 0 Å². The Morgan fingerprint density at radius 3 is 2.04 bits per heavy atom. The highest BCUT2D eigenvalue weighted by Crippen LogP contribution is 2.26. The van der Waals surface area contributed by atoms with Crippen LogP contribution in [0.3, 0.4) is 0 Å². The number of nitrogens with two attached hydrogens (primary N) is 1. The summed E-state index contributed by atoms with van der Waals surface area (Å²) in [7, 11) is 0. The lowest BCUT2D eigenvalue weighted by Gasteiger charge is -2.09. The summed E-state index contributed by atoms with van der Waals surface area (Å²) in [6, 6.07) is 7.99. The molecule has 0 aromatic heterocycles. The molecule has 0 bridgehead atoms. The van der Waals surface area contributed by atoms with E-state index in [-0.39, 0.29) is 35.2 Å². The summed E-state index contributed by atoms with van der Waals surface area (Å²) in [5.41, 5.74) is 5.98. The molecule has 146 valence electrons. The molecule has 0 aliphatic heterocycles. The molecule has 0 fully saturated rings. The summed E-state index contributed by atoms with van der Waals surface area (Å²) in [6.45, 7) is -0.339. The van der Waals surface area contributed by atoms with Crippen molar-refractivity contribution in [2.75, 3.05) is 6.54 Å². The molecule has 0 radical (unpaired) electrons. The lowest BCUT2D eigenvalue weighted by Crippen LogP contribution is -2.36. The molecule has 0 saturated carbocycles. The molecule has 8 N–H and O–H groups in total. The molecule has 2 amide bonds. The highest BCUT2D eigenvalue weighted by Gasteiger charge is 2.12. The van der Waals surface area contributed by atoms with Gasteiger partial charge in [-0.25, -0.2) is 0 Å². The first-order chi connectivity index (χ1) is 13.3. The van der Waals surface area contributed by atoms with E-state index >= 15 is 0 Å². The monoisotopic (exact) mass is 385 g/mol. The molecule has 2 rings (SSSR count). The third-order valence-electron chi connectivity index (χ3n) is 3.50. The number of nitrogens with one attached hydrogen (secondary N) is 2. The number of phenols is 4. The van der Waals surface area contributed by atoms with E-state index in [2.05, 4.69) is 10.6 Å². The second kappa shape index (κ2) is 9.10. The summed E-state index contributed by atoms with van der Waals surface area (Å²) in [5, 5.41) is 42.4. The maximum atomic E-state index is 12.4. The van der Waals surface area contributed by atoms with Crippen molar-refractivity contribution in [2.24, 2.45) is 5.73 Å². The average molecular weight is 385 g/mol. The van der Waals surface area contributed by atoms with E-state index in [1.54, 1.807) is 0 Å². The predicted octanol–water partition coefficient (Wildman–Crippen LogP) is 0.712. The fraction of sp³-hybridized carbons (Fsp3) is 0.0526. The van der Waals surface area contributed by atoms with Crippen LogP contribution >= 0.6 is 0 Å². The maximum absolute atomic E-state index is 12.4. The number of hydrogen-bond acceptors (Lipinski definition) is 7. The van der Waals surface area contributed by atoms with Gasteiger partial charge >= 0.3 is 0 Å². The van der Waals surface area contributed by atoms with Crippen molar-refractivity contribution in [1.82, 2.24) is 10.6 Å². The maximum Gasteiger partial charge on any atom is 0.271 e. The van der Waals surface area contributed by atoms with Crippen molar-refractivity contribution in [2.45, 2.75) is 0 Å². The number of amides is 2. The van der Waals surface area contributed by atoms with Gasteiger partial charge in [0.05, 0.1) is 6.54 Å². The highest BCUT2D eigenvalue weighted by atomic mass is 16.3. The first-order valence-corrected chi connectivity index (χ1v) is 8.03. The van der Waals surface area contributed by atoms with Crippen LogP contribution in [-0.2, 0) is 9.59 Å². The minimum absolute atomic E-state index is 0.140. The van der Waals surface area contributed by atoms with Crippen LogP contribution in [0.1, 0.15) is 11.1 Å². The molecule has 0 aliphatic rings. The van der Waals surface area contributed by atoms with Crippen LogP contribution in [-0.4, -0.2) is 38.8 Å². The van der Waals surface area contributed by atoms with Crippen LogP contribution < -0.4 is 16.4 Å². The standard InChI is InChI=1S/C19H19N3O6/c20-10-18(27)22-13(7-12-2-4-15(24)17(26)9-12)19(28)21-6-5-11-1-3-14(23)16(25)8-11/h1-9,23-26H,10,20H2,(H,21,28)(H,22,27)/b6-5+,13-7-. The summed E-state index contributed by atoms with van der Waals surface area (Å²) in [5.74, 6) is -2.56. The van der Waals surface area contributed by atoms with Gasteiger partial charge in [0.15, 0.2) is 23.0 Å². The lowest BCUT2D eigenvalue weighted by atomic mass is 10.1. The molecule has 0 unspecified atom stereocenters. The summed E-state index contributed by atoms with van der Waals surface area (Å²) in [6.07, 6.45) is 4.04. The van der Waals surface area contributed by atoms with Crippen LogP contribution in [0.4, 0.5) is 0 Å². The molecular formula is C19H19N3O6. The first-order valence-electron chi connectivity index (χ1n) is 8.03. The van der Waals surface area contributed by atoms with E-state index in [9.17, 15) is 30.0 Å². The van der Waals surface area contributed by atoms with Gasteiger partial charge < -0.3 is 36.8 Å². The molecule has 9 heteroatoms. The number of carbonyl (C=O) groups is 2. The molecule has 2 aromatic rings. The predicted molar refractivity (Wildman–Crippen MR) is 102 cm³/mol. The quantitative estimate of drug-likeness (QED) is 0.284. The van der Waals surface area contributed by atoms with E-state index in [0.29, 0.717) is 11.1 Å². The van der Waals surface area contributed by atoms with Crippen LogP contribution in [0, 0.1) is 0 Å². The van der Waals surface area contributed by atoms with Crippen molar-refractivity contribution in [1.29, 1.82) is 0 Å². The molecule has 0 atom stereocenters. The zero-order valence-corrected chi connectivity index (χ0v) is 14.6. The Labute approximate surface area is 160 Å². The van der Waals surface area contributed by atoms with Crippen molar-refractivity contribution in [3.05, 3.63) is 59.4 Å². The van der Waals surface area contributed by atoms with Crippen LogP contribution in [0.5, 0.6) is 23.0 Å². The Morgan fingerprint density at radius 2 is 1.46 bits per heavy atom. The van der Waals surface area contributed by atoms with E-state index in [1.165, 1.54) is 54.8 Å². The Balaban J connectivity index is 2.19. The minimum Gasteiger partial charge on any atom is -0.504 e. The first kappa shape index (κ1) is 20.3. The summed E-state index contributed by atoms with van der Waals surface area (Å²) < 4.78 is 0. The zero-order chi connectivity index (χ0) is 20.7. The average Bonchev–Trinajstić information content (AvgIpc) is 2.66. The van der Waals surface area contributed by atoms with Crippen LogP contribution in [0.25, 0.3) is 12.2 Å². The molecular weight excluding hydrogens is 366 g/mol. The largest absolute Gasteiger partial charge is 0.504 e. The Hall–Kier alpha value is -3.98. The van der Waals surface area contributed by atoms with Gasteiger partial charge in [-0.1, -0.05) is 12.1 Å². The molecule has 9 nitrogen and oxygen atoms in total. The Kier molecular flexibility index (Phi) is 6.61. The van der Waals surface area contributed by atoms with Gasteiger partial charge in [0.2, 0.25) is 5.91 Å². The number of aromatic hydroxyl groups is 4. The molecule has 28 heavy (non-hydrogen) atoms. The van der Waals surface area contributed by atoms with Gasteiger partial charge in [-0.05, 0) is 47.5 Å². The Bertz CT molecular complexity index is 953. The number of hydrogen-bond donors (Lipinski definition) is 7. The van der Waals surface area contributed by atoms with Gasteiger partial charge in [0.1, 0.15) is 5.70 Å². The highest BCUT2D eigenvalue weighted by molar-refractivity contribution is 6.02. The van der Waals surface area contributed by atoms with Crippen molar-refractivity contribution in [3.63, 3.8) is 0 Å². The van der Waals surface area contributed by atoms with Gasteiger partial charge in [0.25, 0.3) is 5.91 Å². The normalized spacial score (nSPS) is 11.4. The third kappa shape index (κ3) is 5.51. The fourth-order valence-electron chi connectivity index (χ4n) is 2.09. The smallest absolute Gasteiger partial charge is 0.271 e. The molecule has 0 heterocycles. The van der Waals surface area contributed by atoms with Gasteiger partial charge in [0, 0.05) is 6.20 Å². The second-order valence-electron chi connectivity index (χ2n) is 5.61. The van der Waals surface area contributed by atoms with E-state index in [0.717, 1.165) is 0 Å². The summed E-state index contributed by atoms with van der Waals surface area (Å²) >= 11 is 0. The van der Waals surface area contributed by atoms with Gasteiger partial charge in [-0.3, -0.25) is 9.59 Å². The summed E-state index contributed by atoms with van der Waals surface area (Å²) in [4.78, 5) is 24.0.